The fourth-order valence-electron chi connectivity index (χ4n) is 1.16. The first kappa shape index (κ1) is 11.9. The summed E-state index contributed by atoms with van der Waals surface area (Å²) < 4.78 is 5.45. The lowest BCUT2D eigenvalue weighted by atomic mass is 10.4. The molecule has 82 valence electrons. The van der Waals surface area contributed by atoms with Gasteiger partial charge in [-0.15, -0.1) is 0 Å². The summed E-state index contributed by atoms with van der Waals surface area (Å²) in [5, 5.41) is 4.42. The smallest absolute Gasteiger partial charge is 0.156 e. The van der Waals surface area contributed by atoms with Crippen molar-refractivity contribution in [3.05, 3.63) is 0 Å². The van der Waals surface area contributed by atoms with E-state index >= 15 is 0 Å². The summed E-state index contributed by atoms with van der Waals surface area (Å²) in [5.74, 6) is 1.13. The van der Waals surface area contributed by atoms with Gasteiger partial charge in [0, 0.05) is 25.5 Å². The fourth-order valence-corrected chi connectivity index (χ4v) is 1.92. The minimum absolute atomic E-state index is 0.866. The number of aliphatic imine (C=N–C) groups is 1. The van der Waals surface area contributed by atoms with Gasteiger partial charge in [-0.2, -0.15) is 0 Å². The van der Waals surface area contributed by atoms with Crippen molar-refractivity contribution in [2.24, 2.45) is 4.99 Å². The van der Waals surface area contributed by atoms with E-state index in [0.29, 0.717) is 0 Å². The summed E-state index contributed by atoms with van der Waals surface area (Å²) in [6.45, 7) is 5.91. The molecule has 1 aliphatic heterocycles. The van der Waals surface area contributed by atoms with Crippen LogP contribution in [0.15, 0.2) is 4.99 Å². The zero-order valence-corrected chi connectivity index (χ0v) is 9.74. The Kier molecular flexibility index (Phi) is 6.87. The second-order valence-electron chi connectivity index (χ2n) is 3.28. The van der Waals surface area contributed by atoms with Crippen LogP contribution in [-0.4, -0.2) is 37.2 Å². The maximum Gasteiger partial charge on any atom is 0.156 e. The van der Waals surface area contributed by atoms with Gasteiger partial charge in [0.15, 0.2) is 5.17 Å². The maximum absolute atomic E-state index is 5.45. The summed E-state index contributed by atoms with van der Waals surface area (Å²) in [4.78, 5) is 4.31. The molecule has 0 aromatic carbocycles. The predicted molar refractivity (Wildman–Crippen MR) is 63.1 cm³/mol. The minimum atomic E-state index is 0.866. The monoisotopic (exact) mass is 216 g/mol. The number of thioether (sulfide) groups is 1. The molecule has 0 radical (unpaired) electrons. The Bertz CT molecular complexity index is 174. The van der Waals surface area contributed by atoms with Crippen molar-refractivity contribution < 1.29 is 4.74 Å². The molecule has 0 atom stereocenters. The van der Waals surface area contributed by atoms with Crippen molar-refractivity contribution in [3.63, 3.8) is 0 Å². The molecule has 3 nitrogen and oxygen atoms in total. The molecular formula is C10H20N2OS. The first-order valence-corrected chi connectivity index (χ1v) is 6.41. The van der Waals surface area contributed by atoms with Crippen LogP contribution in [0.3, 0.4) is 0 Å². The molecule has 0 amide bonds. The lowest BCUT2D eigenvalue weighted by molar-refractivity contribution is 0.129. The van der Waals surface area contributed by atoms with E-state index in [1.807, 2.05) is 11.8 Å². The van der Waals surface area contributed by atoms with Crippen molar-refractivity contribution in [2.45, 2.75) is 26.2 Å². The summed E-state index contributed by atoms with van der Waals surface area (Å²) in [6, 6.07) is 0. The Balaban J connectivity index is 1.80. The molecule has 0 fully saturated rings. The lowest BCUT2D eigenvalue weighted by Crippen LogP contribution is -2.21. The van der Waals surface area contributed by atoms with Crippen LogP contribution in [0.4, 0.5) is 0 Å². The molecule has 0 bridgehead atoms. The van der Waals surface area contributed by atoms with Crippen molar-refractivity contribution in [3.8, 4) is 0 Å². The van der Waals surface area contributed by atoms with Gasteiger partial charge in [0.2, 0.25) is 0 Å². The Labute approximate surface area is 90.7 Å². The van der Waals surface area contributed by atoms with Gasteiger partial charge in [0.1, 0.15) is 0 Å². The van der Waals surface area contributed by atoms with Crippen molar-refractivity contribution in [1.29, 1.82) is 0 Å². The van der Waals surface area contributed by atoms with Gasteiger partial charge < -0.3 is 10.1 Å². The average Bonchev–Trinajstić information content (AvgIpc) is 2.69. The number of nitrogens with zero attached hydrogens (tertiary/aromatic N) is 1. The number of rotatable bonds is 7. The van der Waals surface area contributed by atoms with E-state index < -0.39 is 0 Å². The molecule has 0 saturated carbocycles. The largest absolute Gasteiger partial charge is 0.381 e. The van der Waals surface area contributed by atoms with E-state index in [1.54, 1.807) is 0 Å². The van der Waals surface area contributed by atoms with Gasteiger partial charge in [-0.1, -0.05) is 25.1 Å². The van der Waals surface area contributed by atoms with E-state index in [0.717, 1.165) is 43.6 Å². The Hall–Kier alpha value is -0.220. The highest BCUT2D eigenvalue weighted by molar-refractivity contribution is 8.14. The Morgan fingerprint density at radius 1 is 1.43 bits per heavy atom. The third-order valence-corrected chi connectivity index (χ3v) is 2.90. The highest BCUT2D eigenvalue weighted by Gasteiger charge is 2.04. The van der Waals surface area contributed by atoms with E-state index in [1.165, 1.54) is 12.8 Å². The predicted octanol–water partition coefficient (Wildman–Crippen LogP) is 1.89. The quantitative estimate of drug-likeness (QED) is 0.660. The minimum Gasteiger partial charge on any atom is -0.381 e. The van der Waals surface area contributed by atoms with Gasteiger partial charge in [-0.05, 0) is 12.8 Å². The van der Waals surface area contributed by atoms with Crippen LogP contribution >= 0.6 is 11.8 Å². The first-order chi connectivity index (χ1) is 6.93. The van der Waals surface area contributed by atoms with Gasteiger partial charge in [-0.25, -0.2) is 0 Å². The van der Waals surface area contributed by atoms with Gasteiger partial charge in [0.25, 0.3) is 0 Å². The van der Waals surface area contributed by atoms with Crippen LogP contribution in [0.1, 0.15) is 26.2 Å². The van der Waals surface area contributed by atoms with Crippen LogP contribution in [0.5, 0.6) is 0 Å². The van der Waals surface area contributed by atoms with E-state index in [-0.39, 0.29) is 0 Å². The van der Waals surface area contributed by atoms with Gasteiger partial charge >= 0.3 is 0 Å². The van der Waals surface area contributed by atoms with Crippen LogP contribution in [0.25, 0.3) is 0 Å². The molecule has 1 rings (SSSR count). The summed E-state index contributed by atoms with van der Waals surface area (Å²) >= 11 is 1.81. The third kappa shape index (κ3) is 5.50. The van der Waals surface area contributed by atoms with Crippen LogP contribution in [0.2, 0.25) is 0 Å². The number of hydrogen-bond acceptors (Lipinski definition) is 4. The summed E-state index contributed by atoms with van der Waals surface area (Å²) in [6.07, 6.45) is 3.46. The normalized spacial score (nSPS) is 15.6. The van der Waals surface area contributed by atoms with Crippen molar-refractivity contribution >= 4 is 16.9 Å². The molecule has 0 aliphatic carbocycles. The summed E-state index contributed by atoms with van der Waals surface area (Å²) in [5.41, 5.74) is 0. The standard InChI is InChI=1S/C10H20N2OS/c1-2-3-7-13-8-4-5-11-10-12-6-9-14-10/h2-9H2,1H3,(H,11,12). The zero-order valence-electron chi connectivity index (χ0n) is 8.92. The van der Waals surface area contributed by atoms with Crippen LogP contribution in [0, 0.1) is 0 Å². The van der Waals surface area contributed by atoms with Crippen molar-refractivity contribution in [1.82, 2.24) is 5.32 Å². The summed E-state index contributed by atoms with van der Waals surface area (Å²) in [7, 11) is 0. The molecule has 1 heterocycles. The maximum atomic E-state index is 5.45. The highest BCUT2D eigenvalue weighted by Crippen LogP contribution is 2.08. The van der Waals surface area contributed by atoms with Crippen LogP contribution in [-0.2, 0) is 4.74 Å². The zero-order chi connectivity index (χ0) is 10.1. The van der Waals surface area contributed by atoms with Crippen LogP contribution < -0.4 is 5.32 Å². The molecule has 0 unspecified atom stereocenters. The Morgan fingerprint density at radius 2 is 2.29 bits per heavy atom. The number of ether oxygens (including phenoxy) is 1. The fraction of sp³-hybridized carbons (Fsp3) is 0.900. The second-order valence-corrected chi connectivity index (χ2v) is 4.37. The molecule has 1 N–H and O–H groups in total. The number of amidine groups is 1. The van der Waals surface area contributed by atoms with E-state index in [2.05, 4.69) is 17.2 Å². The topological polar surface area (TPSA) is 33.6 Å². The molecule has 4 heteroatoms. The molecule has 0 aromatic rings. The van der Waals surface area contributed by atoms with E-state index in [9.17, 15) is 0 Å². The highest BCUT2D eigenvalue weighted by atomic mass is 32.2. The number of nitrogens with one attached hydrogen (secondary N) is 1. The SMILES string of the molecule is CCCCOCCCNC1=NCCS1. The van der Waals surface area contributed by atoms with Gasteiger partial charge in [0.05, 0.1) is 6.54 Å². The van der Waals surface area contributed by atoms with E-state index in [4.69, 9.17) is 4.74 Å². The number of hydrogen-bond donors (Lipinski definition) is 1. The third-order valence-electron chi connectivity index (χ3n) is 1.97. The van der Waals surface area contributed by atoms with Gasteiger partial charge in [-0.3, -0.25) is 4.99 Å². The second kappa shape index (κ2) is 8.12. The van der Waals surface area contributed by atoms with Crippen molar-refractivity contribution in [2.75, 3.05) is 32.1 Å². The molecule has 0 aromatic heterocycles. The molecule has 14 heavy (non-hydrogen) atoms. The Morgan fingerprint density at radius 3 is 3.00 bits per heavy atom. The molecular weight excluding hydrogens is 196 g/mol. The molecule has 0 saturated heterocycles. The lowest BCUT2D eigenvalue weighted by Gasteiger charge is -2.05. The molecule has 0 spiro atoms. The molecule has 1 aliphatic rings. The average molecular weight is 216 g/mol. The first-order valence-electron chi connectivity index (χ1n) is 5.42. The number of unbranched alkanes of at least 4 members (excludes halogenated alkanes) is 1.